The number of fused-ring (bicyclic) bond motifs is 1. The Morgan fingerprint density at radius 1 is 1.35 bits per heavy atom. The Labute approximate surface area is 127 Å². The molecule has 1 heterocycles. The topological polar surface area (TPSA) is 72.2 Å². The molecule has 1 aromatic rings. The van der Waals surface area contributed by atoms with Gasteiger partial charge < -0.3 is 11.1 Å². The number of amides is 2. The molecular formula is C14H20N2O2S2. The van der Waals surface area contributed by atoms with E-state index in [-0.39, 0.29) is 5.91 Å². The van der Waals surface area contributed by atoms with Crippen LogP contribution >= 0.6 is 23.1 Å². The molecule has 2 rings (SSSR count). The van der Waals surface area contributed by atoms with Crippen molar-refractivity contribution in [2.75, 3.05) is 17.3 Å². The highest BCUT2D eigenvalue weighted by atomic mass is 32.2. The van der Waals surface area contributed by atoms with Gasteiger partial charge in [0.2, 0.25) is 5.91 Å². The van der Waals surface area contributed by atoms with Gasteiger partial charge in [0, 0.05) is 11.3 Å². The number of carbonyl (C=O) groups is 2. The second-order valence-corrected chi connectivity index (χ2v) is 7.01. The Morgan fingerprint density at radius 2 is 2.10 bits per heavy atom. The fourth-order valence-corrected chi connectivity index (χ4v) is 4.22. The summed E-state index contributed by atoms with van der Waals surface area (Å²) in [4.78, 5) is 24.8. The average molecular weight is 312 g/mol. The van der Waals surface area contributed by atoms with Crippen molar-refractivity contribution in [3.05, 3.63) is 16.0 Å². The predicted molar refractivity (Wildman–Crippen MR) is 85.7 cm³/mol. The van der Waals surface area contributed by atoms with Crippen molar-refractivity contribution in [2.24, 2.45) is 5.73 Å². The van der Waals surface area contributed by atoms with Gasteiger partial charge in [0.15, 0.2) is 0 Å². The summed E-state index contributed by atoms with van der Waals surface area (Å²) in [5.41, 5.74) is 7.10. The number of thiophene rings is 1. The van der Waals surface area contributed by atoms with E-state index in [9.17, 15) is 9.59 Å². The number of hydrogen-bond donors (Lipinski definition) is 2. The van der Waals surface area contributed by atoms with Crippen LogP contribution in [0.3, 0.4) is 0 Å². The monoisotopic (exact) mass is 312 g/mol. The summed E-state index contributed by atoms with van der Waals surface area (Å²) in [6, 6.07) is 0. The number of anilines is 1. The molecule has 0 unspecified atom stereocenters. The van der Waals surface area contributed by atoms with Gasteiger partial charge in [0.1, 0.15) is 5.00 Å². The summed E-state index contributed by atoms with van der Waals surface area (Å²) >= 11 is 3.25. The molecule has 6 heteroatoms. The van der Waals surface area contributed by atoms with Crippen LogP contribution in [0.15, 0.2) is 0 Å². The molecule has 1 aliphatic carbocycles. The van der Waals surface area contributed by atoms with Gasteiger partial charge in [-0.05, 0) is 49.7 Å². The molecule has 0 fully saturated rings. The van der Waals surface area contributed by atoms with Crippen LogP contribution < -0.4 is 11.1 Å². The van der Waals surface area contributed by atoms with Crippen LogP contribution in [-0.4, -0.2) is 23.8 Å². The molecule has 1 aromatic heterocycles. The Morgan fingerprint density at radius 3 is 2.80 bits per heavy atom. The lowest BCUT2D eigenvalue weighted by molar-refractivity contribution is -0.116. The zero-order valence-electron chi connectivity index (χ0n) is 11.7. The highest BCUT2D eigenvalue weighted by molar-refractivity contribution is 7.98. The second kappa shape index (κ2) is 7.13. The van der Waals surface area contributed by atoms with E-state index < -0.39 is 5.91 Å². The van der Waals surface area contributed by atoms with Crippen LogP contribution in [0.1, 0.15) is 46.5 Å². The van der Waals surface area contributed by atoms with Crippen molar-refractivity contribution in [1.29, 1.82) is 0 Å². The van der Waals surface area contributed by atoms with Gasteiger partial charge in [-0.25, -0.2) is 0 Å². The lowest BCUT2D eigenvalue weighted by Gasteiger charge is -2.11. The Kier molecular flexibility index (Phi) is 5.48. The van der Waals surface area contributed by atoms with E-state index in [4.69, 9.17) is 5.73 Å². The first-order valence-corrected chi connectivity index (χ1v) is 9.07. The van der Waals surface area contributed by atoms with Gasteiger partial charge in [-0.2, -0.15) is 11.8 Å². The third kappa shape index (κ3) is 3.55. The molecule has 2 amide bonds. The van der Waals surface area contributed by atoms with E-state index in [0.29, 0.717) is 17.0 Å². The summed E-state index contributed by atoms with van der Waals surface area (Å²) in [6.07, 6.45) is 7.48. The normalized spacial score (nSPS) is 13.8. The van der Waals surface area contributed by atoms with Gasteiger partial charge in [0.05, 0.1) is 5.56 Å². The predicted octanol–water partition coefficient (Wildman–Crippen LogP) is 2.81. The molecule has 0 bridgehead atoms. The van der Waals surface area contributed by atoms with Crippen LogP contribution in [0.2, 0.25) is 0 Å². The fourth-order valence-electron chi connectivity index (χ4n) is 2.48. The summed E-state index contributed by atoms with van der Waals surface area (Å²) in [5, 5.41) is 3.53. The number of primary amides is 1. The number of hydrogen-bond acceptors (Lipinski definition) is 4. The summed E-state index contributed by atoms with van der Waals surface area (Å²) in [5.74, 6) is 0.515. The summed E-state index contributed by atoms with van der Waals surface area (Å²) in [6.45, 7) is 0. The molecule has 0 aromatic carbocycles. The molecule has 1 aliphatic rings. The zero-order valence-corrected chi connectivity index (χ0v) is 13.3. The van der Waals surface area contributed by atoms with E-state index in [0.717, 1.165) is 43.4 Å². The minimum Gasteiger partial charge on any atom is -0.365 e. The van der Waals surface area contributed by atoms with Crippen molar-refractivity contribution in [3.63, 3.8) is 0 Å². The maximum Gasteiger partial charge on any atom is 0.251 e. The standard InChI is InChI=1S/C14H20N2O2S2/c1-19-8-4-7-11(17)16-14-12(13(15)18)9-5-2-3-6-10(9)20-14/h2-8H2,1H3,(H2,15,18)(H,16,17). The number of rotatable bonds is 6. The molecule has 110 valence electrons. The first kappa shape index (κ1) is 15.4. The smallest absolute Gasteiger partial charge is 0.251 e. The van der Waals surface area contributed by atoms with Crippen molar-refractivity contribution < 1.29 is 9.59 Å². The number of nitrogens with two attached hydrogens (primary N) is 1. The lowest BCUT2D eigenvalue weighted by Crippen LogP contribution is -2.18. The minimum absolute atomic E-state index is 0.0276. The molecule has 0 aliphatic heterocycles. The van der Waals surface area contributed by atoms with Crippen molar-refractivity contribution >= 4 is 39.9 Å². The van der Waals surface area contributed by atoms with Gasteiger partial charge in [-0.15, -0.1) is 11.3 Å². The van der Waals surface area contributed by atoms with Crippen LogP contribution in [0, 0.1) is 0 Å². The first-order valence-electron chi connectivity index (χ1n) is 6.86. The van der Waals surface area contributed by atoms with Crippen LogP contribution in [0.4, 0.5) is 5.00 Å². The van der Waals surface area contributed by atoms with E-state index in [1.54, 1.807) is 11.8 Å². The fraction of sp³-hybridized carbons (Fsp3) is 0.571. The van der Waals surface area contributed by atoms with Gasteiger partial charge >= 0.3 is 0 Å². The second-order valence-electron chi connectivity index (χ2n) is 4.92. The van der Waals surface area contributed by atoms with E-state index in [2.05, 4.69) is 5.32 Å². The number of thioether (sulfide) groups is 1. The van der Waals surface area contributed by atoms with Crippen molar-refractivity contribution in [1.82, 2.24) is 0 Å². The minimum atomic E-state index is -0.427. The van der Waals surface area contributed by atoms with E-state index >= 15 is 0 Å². The van der Waals surface area contributed by atoms with Crippen molar-refractivity contribution in [3.8, 4) is 0 Å². The number of carbonyl (C=O) groups excluding carboxylic acids is 2. The zero-order chi connectivity index (χ0) is 14.5. The van der Waals surface area contributed by atoms with Gasteiger partial charge in [-0.1, -0.05) is 0 Å². The quantitative estimate of drug-likeness (QED) is 0.793. The molecule has 3 N–H and O–H groups in total. The maximum atomic E-state index is 11.9. The third-order valence-electron chi connectivity index (χ3n) is 3.42. The molecule has 0 saturated heterocycles. The van der Waals surface area contributed by atoms with Gasteiger partial charge in [-0.3, -0.25) is 9.59 Å². The largest absolute Gasteiger partial charge is 0.365 e. The van der Waals surface area contributed by atoms with E-state index in [1.165, 1.54) is 16.2 Å². The van der Waals surface area contributed by atoms with Crippen LogP contribution in [-0.2, 0) is 17.6 Å². The first-order chi connectivity index (χ1) is 9.63. The molecular weight excluding hydrogens is 292 g/mol. The number of nitrogens with one attached hydrogen (secondary N) is 1. The molecule has 20 heavy (non-hydrogen) atoms. The average Bonchev–Trinajstić information content (AvgIpc) is 2.76. The van der Waals surface area contributed by atoms with Gasteiger partial charge in [0.25, 0.3) is 5.91 Å². The third-order valence-corrected chi connectivity index (χ3v) is 5.33. The Balaban J connectivity index is 2.12. The molecule has 0 atom stereocenters. The number of aryl methyl sites for hydroxylation is 1. The highest BCUT2D eigenvalue weighted by Crippen LogP contribution is 2.37. The van der Waals surface area contributed by atoms with Crippen LogP contribution in [0.5, 0.6) is 0 Å². The lowest BCUT2D eigenvalue weighted by atomic mass is 9.95. The molecule has 0 spiro atoms. The SMILES string of the molecule is CSCCCC(=O)Nc1sc2c(c1C(N)=O)CCCC2. The van der Waals surface area contributed by atoms with Crippen molar-refractivity contribution in [2.45, 2.75) is 38.5 Å². The summed E-state index contributed by atoms with van der Waals surface area (Å²) < 4.78 is 0. The molecule has 0 saturated carbocycles. The Hall–Kier alpha value is -1.01. The van der Waals surface area contributed by atoms with Crippen LogP contribution in [0.25, 0.3) is 0 Å². The highest BCUT2D eigenvalue weighted by Gasteiger charge is 2.24. The summed E-state index contributed by atoms with van der Waals surface area (Å²) in [7, 11) is 0. The molecule has 4 nitrogen and oxygen atoms in total. The Bertz CT molecular complexity index is 512. The maximum absolute atomic E-state index is 11.9. The van der Waals surface area contributed by atoms with E-state index in [1.807, 2.05) is 6.26 Å². The molecule has 0 radical (unpaired) electrons.